The molecule has 0 saturated carbocycles. The monoisotopic (exact) mass is 378 g/mol. The van der Waals surface area contributed by atoms with Gasteiger partial charge in [0.2, 0.25) is 5.78 Å². The van der Waals surface area contributed by atoms with E-state index in [0.29, 0.717) is 5.56 Å². The second-order valence-corrected chi connectivity index (χ2v) is 6.23. The number of esters is 1. The van der Waals surface area contributed by atoms with Crippen molar-refractivity contribution in [3.05, 3.63) is 93.3 Å². The first-order valence-corrected chi connectivity index (χ1v) is 8.58. The molecule has 0 amide bonds. The summed E-state index contributed by atoms with van der Waals surface area (Å²) in [4.78, 5) is 35.2. The Balaban J connectivity index is 1.78. The number of aryl methyl sites for hydroxylation is 1. The highest BCUT2D eigenvalue weighted by Gasteiger charge is 2.23. The fraction of sp³-hybridized carbons (Fsp3) is 0.143. The number of rotatable bonds is 6. The molecule has 0 radical (unpaired) electrons. The lowest BCUT2D eigenvalue weighted by Crippen LogP contribution is -2.16. The van der Waals surface area contributed by atoms with Crippen LogP contribution in [0.25, 0.3) is 5.69 Å². The van der Waals surface area contributed by atoms with Crippen molar-refractivity contribution in [2.45, 2.75) is 13.8 Å². The molecular weight excluding hydrogens is 360 g/mol. The van der Waals surface area contributed by atoms with Crippen LogP contribution in [0.3, 0.4) is 0 Å². The number of carbonyl (C=O) groups excluding carboxylic acids is 2. The van der Waals surface area contributed by atoms with Gasteiger partial charge in [-0.3, -0.25) is 14.9 Å². The third-order valence-electron chi connectivity index (χ3n) is 4.40. The molecule has 0 N–H and O–H groups in total. The molecule has 3 aromatic rings. The van der Waals surface area contributed by atoms with Crippen LogP contribution in [0.4, 0.5) is 5.69 Å². The van der Waals surface area contributed by atoms with E-state index in [9.17, 15) is 19.7 Å². The van der Waals surface area contributed by atoms with E-state index in [1.165, 1.54) is 24.3 Å². The van der Waals surface area contributed by atoms with Gasteiger partial charge in [0.15, 0.2) is 6.61 Å². The zero-order valence-electron chi connectivity index (χ0n) is 15.4. The lowest BCUT2D eigenvalue weighted by atomic mass is 10.1. The molecule has 1 aromatic heterocycles. The van der Waals surface area contributed by atoms with Crippen LogP contribution in [0.1, 0.15) is 32.1 Å². The number of ketones is 1. The molecule has 0 saturated heterocycles. The van der Waals surface area contributed by atoms with E-state index < -0.39 is 17.5 Å². The van der Waals surface area contributed by atoms with Crippen LogP contribution in [-0.2, 0) is 4.74 Å². The highest BCUT2D eigenvalue weighted by Crippen LogP contribution is 2.22. The summed E-state index contributed by atoms with van der Waals surface area (Å²) in [6.07, 6.45) is 0. The number of benzene rings is 2. The van der Waals surface area contributed by atoms with Gasteiger partial charge >= 0.3 is 5.97 Å². The predicted molar refractivity (Wildman–Crippen MR) is 103 cm³/mol. The first-order chi connectivity index (χ1) is 13.4. The number of nitro groups is 1. The van der Waals surface area contributed by atoms with Gasteiger partial charge in [-0.05, 0) is 38.1 Å². The van der Waals surface area contributed by atoms with Gasteiger partial charge in [0.05, 0.1) is 4.92 Å². The number of Topliss-reactive ketones (excluding diaryl/α,β-unsaturated/α-hetero) is 1. The summed E-state index contributed by atoms with van der Waals surface area (Å²) in [5.41, 5.74) is 2.43. The van der Waals surface area contributed by atoms with Gasteiger partial charge in [-0.25, -0.2) is 4.79 Å². The van der Waals surface area contributed by atoms with E-state index in [-0.39, 0.29) is 17.0 Å². The molecule has 0 atom stereocenters. The average molecular weight is 378 g/mol. The summed E-state index contributed by atoms with van der Waals surface area (Å²) in [5, 5.41) is 11.0. The van der Waals surface area contributed by atoms with Gasteiger partial charge in [0.1, 0.15) is 5.56 Å². The standard InChI is InChI=1S/C21H18N2O5/c1-14-12-18(15(2)22(14)16-8-4-3-5-9-16)20(24)13-28-21(25)17-10-6-7-11-19(17)23(26)27/h3-12H,13H2,1-2H3. The minimum Gasteiger partial charge on any atom is -0.454 e. The Morgan fingerprint density at radius 3 is 2.32 bits per heavy atom. The SMILES string of the molecule is Cc1cc(C(=O)COC(=O)c2ccccc2[N+](=O)[O-])c(C)n1-c1ccccc1. The van der Waals surface area contributed by atoms with E-state index in [0.717, 1.165) is 17.1 Å². The van der Waals surface area contributed by atoms with Crippen LogP contribution in [0.15, 0.2) is 60.7 Å². The Kier molecular flexibility index (Phi) is 5.35. The highest BCUT2D eigenvalue weighted by molar-refractivity contribution is 6.01. The first-order valence-electron chi connectivity index (χ1n) is 8.58. The lowest BCUT2D eigenvalue weighted by Gasteiger charge is -2.09. The number of nitrogens with zero attached hydrogens (tertiary/aromatic N) is 2. The maximum Gasteiger partial charge on any atom is 0.345 e. The third kappa shape index (κ3) is 3.68. The molecular formula is C21H18N2O5. The molecule has 142 valence electrons. The molecule has 0 unspecified atom stereocenters. The van der Waals surface area contributed by atoms with E-state index in [1.807, 2.05) is 48.7 Å². The normalized spacial score (nSPS) is 10.5. The smallest absolute Gasteiger partial charge is 0.345 e. The minimum absolute atomic E-state index is 0.185. The Labute approximate surface area is 161 Å². The van der Waals surface area contributed by atoms with Crippen LogP contribution in [0.2, 0.25) is 0 Å². The van der Waals surface area contributed by atoms with Crippen LogP contribution in [-0.4, -0.2) is 27.8 Å². The van der Waals surface area contributed by atoms with E-state index in [2.05, 4.69) is 0 Å². The topological polar surface area (TPSA) is 91.4 Å². The van der Waals surface area contributed by atoms with Gasteiger partial charge in [-0.1, -0.05) is 30.3 Å². The minimum atomic E-state index is -0.905. The van der Waals surface area contributed by atoms with Crippen LogP contribution < -0.4 is 0 Å². The number of para-hydroxylation sites is 2. The van der Waals surface area contributed by atoms with Gasteiger partial charge in [-0.2, -0.15) is 0 Å². The maximum atomic E-state index is 12.6. The highest BCUT2D eigenvalue weighted by atomic mass is 16.6. The van der Waals surface area contributed by atoms with Gasteiger partial charge < -0.3 is 9.30 Å². The zero-order chi connectivity index (χ0) is 20.3. The average Bonchev–Trinajstić information content (AvgIpc) is 3.00. The zero-order valence-corrected chi connectivity index (χ0v) is 15.4. The van der Waals surface area contributed by atoms with Crippen LogP contribution >= 0.6 is 0 Å². The van der Waals surface area contributed by atoms with Gasteiger partial charge in [0.25, 0.3) is 5.69 Å². The molecule has 0 bridgehead atoms. The van der Waals surface area contributed by atoms with Crippen LogP contribution in [0, 0.1) is 24.0 Å². The number of hydrogen-bond acceptors (Lipinski definition) is 5. The number of ether oxygens (including phenoxy) is 1. The largest absolute Gasteiger partial charge is 0.454 e. The molecule has 0 aliphatic heterocycles. The molecule has 7 heteroatoms. The third-order valence-corrected chi connectivity index (χ3v) is 4.40. The van der Waals surface area contributed by atoms with Crippen molar-refractivity contribution in [2.75, 3.05) is 6.61 Å². The number of aromatic nitrogens is 1. The molecule has 0 spiro atoms. The Hall–Kier alpha value is -3.74. The van der Waals surface area contributed by atoms with Crippen LogP contribution in [0.5, 0.6) is 0 Å². The maximum absolute atomic E-state index is 12.6. The summed E-state index contributed by atoms with van der Waals surface area (Å²) in [6, 6.07) is 16.8. The summed E-state index contributed by atoms with van der Waals surface area (Å²) >= 11 is 0. The molecule has 0 aliphatic carbocycles. The summed E-state index contributed by atoms with van der Waals surface area (Å²) < 4.78 is 6.98. The van der Waals surface area contributed by atoms with Gasteiger partial charge in [-0.15, -0.1) is 0 Å². The molecule has 3 rings (SSSR count). The van der Waals surface area contributed by atoms with Crippen molar-refractivity contribution in [3.8, 4) is 5.69 Å². The van der Waals surface area contributed by atoms with Crippen molar-refractivity contribution >= 4 is 17.4 Å². The molecule has 28 heavy (non-hydrogen) atoms. The second kappa shape index (κ2) is 7.87. The lowest BCUT2D eigenvalue weighted by molar-refractivity contribution is -0.385. The van der Waals surface area contributed by atoms with Crippen molar-refractivity contribution in [1.29, 1.82) is 0 Å². The molecule has 1 heterocycles. The summed E-state index contributed by atoms with van der Waals surface area (Å²) in [6.45, 7) is 3.21. The Morgan fingerprint density at radius 1 is 1.00 bits per heavy atom. The first kappa shape index (κ1) is 19.0. The van der Waals surface area contributed by atoms with Gasteiger partial charge in [0, 0.05) is 28.7 Å². The summed E-state index contributed by atoms with van der Waals surface area (Å²) in [7, 11) is 0. The summed E-state index contributed by atoms with van der Waals surface area (Å²) in [5.74, 6) is -1.28. The van der Waals surface area contributed by atoms with E-state index in [4.69, 9.17) is 4.74 Å². The van der Waals surface area contributed by atoms with E-state index >= 15 is 0 Å². The quantitative estimate of drug-likeness (QED) is 0.279. The van der Waals surface area contributed by atoms with Crippen molar-refractivity contribution in [1.82, 2.24) is 4.57 Å². The fourth-order valence-electron chi connectivity index (χ4n) is 3.11. The number of hydrogen-bond donors (Lipinski definition) is 0. The number of nitro benzene ring substituents is 1. The second-order valence-electron chi connectivity index (χ2n) is 6.23. The van der Waals surface area contributed by atoms with Crippen molar-refractivity contribution < 1.29 is 19.2 Å². The Morgan fingerprint density at radius 2 is 1.64 bits per heavy atom. The van der Waals surface area contributed by atoms with Crippen molar-refractivity contribution in [3.63, 3.8) is 0 Å². The molecule has 2 aromatic carbocycles. The van der Waals surface area contributed by atoms with E-state index in [1.54, 1.807) is 6.07 Å². The number of carbonyl (C=O) groups is 2. The fourth-order valence-corrected chi connectivity index (χ4v) is 3.11. The van der Waals surface area contributed by atoms with Crippen molar-refractivity contribution in [2.24, 2.45) is 0 Å². The molecule has 7 nitrogen and oxygen atoms in total. The molecule has 0 fully saturated rings. The molecule has 0 aliphatic rings. The Bertz CT molecular complexity index is 1050. The predicted octanol–water partition coefficient (Wildman–Crippen LogP) is 4.04.